The van der Waals surface area contributed by atoms with E-state index < -0.39 is 28.5 Å². The standard InChI is InChI=1S/C24H17F2NO3S/c25-20-6-2-5-18(24(20)26)16-4-1-3-15-14(9-10-17(15)16)13-7-8-19(21(28)11-13)22-12-23(29)27-31(22)30/h1-8,11-12,14,28H,9-10H2,(H,27,29)/t14-,31?/m1/s1. The van der Waals surface area contributed by atoms with Crippen molar-refractivity contribution in [3.63, 3.8) is 0 Å². The van der Waals surface area contributed by atoms with Crippen LogP contribution >= 0.6 is 0 Å². The molecular weight excluding hydrogens is 420 g/mol. The topological polar surface area (TPSA) is 66.4 Å². The lowest BCUT2D eigenvalue weighted by Crippen LogP contribution is -2.16. The second kappa shape index (κ2) is 7.42. The number of phenols is 1. The molecular formula is C24H17F2NO3S. The van der Waals surface area contributed by atoms with Gasteiger partial charge in [0.2, 0.25) is 0 Å². The maximum atomic E-state index is 14.4. The first kappa shape index (κ1) is 19.6. The highest BCUT2D eigenvalue weighted by Crippen LogP contribution is 2.44. The molecule has 2 aliphatic rings. The molecule has 1 amide bonds. The summed E-state index contributed by atoms with van der Waals surface area (Å²) in [6.45, 7) is 0. The van der Waals surface area contributed by atoms with Crippen LogP contribution in [0.15, 0.2) is 60.7 Å². The number of benzene rings is 3. The first-order valence-corrected chi connectivity index (χ1v) is 10.9. The fourth-order valence-corrected chi connectivity index (χ4v) is 5.40. The third-order valence-corrected chi connectivity index (χ3v) is 6.98. The fourth-order valence-electron chi connectivity index (χ4n) is 4.46. The van der Waals surface area contributed by atoms with E-state index in [1.54, 1.807) is 24.3 Å². The summed E-state index contributed by atoms with van der Waals surface area (Å²) in [7, 11) is -1.69. The maximum absolute atomic E-state index is 14.4. The molecule has 0 saturated carbocycles. The number of halogens is 2. The van der Waals surface area contributed by atoms with E-state index in [0.717, 1.165) is 29.2 Å². The second-order valence-electron chi connectivity index (χ2n) is 7.59. The number of fused-ring (bicyclic) bond motifs is 1. The molecule has 0 fully saturated rings. The molecule has 1 aliphatic heterocycles. The highest BCUT2D eigenvalue weighted by molar-refractivity contribution is 7.94. The van der Waals surface area contributed by atoms with Gasteiger partial charge in [-0.1, -0.05) is 36.4 Å². The molecule has 0 aromatic heterocycles. The fraction of sp³-hybridized carbons (Fsp3) is 0.125. The van der Waals surface area contributed by atoms with Gasteiger partial charge in [0.15, 0.2) is 22.6 Å². The van der Waals surface area contributed by atoms with Crippen LogP contribution in [0.5, 0.6) is 5.75 Å². The largest absolute Gasteiger partial charge is 0.507 e. The van der Waals surface area contributed by atoms with Crippen LogP contribution < -0.4 is 4.72 Å². The minimum absolute atomic E-state index is 0.0191. The van der Waals surface area contributed by atoms with Gasteiger partial charge in [-0.15, -0.1) is 0 Å². The number of hydrogen-bond donors (Lipinski definition) is 2. The molecule has 0 saturated heterocycles. The van der Waals surface area contributed by atoms with Crippen molar-refractivity contribution in [3.05, 3.63) is 94.6 Å². The number of carbonyl (C=O) groups is 1. The highest BCUT2D eigenvalue weighted by atomic mass is 32.2. The Hall–Kier alpha value is -3.32. The van der Waals surface area contributed by atoms with Gasteiger partial charge < -0.3 is 5.11 Å². The smallest absolute Gasteiger partial charge is 0.257 e. The van der Waals surface area contributed by atoms with E-state index in [2.05, 4.69) is 4.72 Å². The average Bonchev–Trinajstić information content (AvgIpc) is 3.32. The van der Waals surface area contributed by atoms with Gasteiger partial charge in [0, 0.05) is 23.1 Å². The second-order valence-corrected chi connectivity index (χ2v) is 8.77. The Labute approximate surface area is 179 Å². The zero-order valence-corrected chi connectivity index (χ0v) is 17.0. The monoisotopic (exact) mass is 437 g/mol. The predicted molar refractivity (Wildman–Crippen MR) is 114 cm³/mol. The van der Waals surface area contributed by atoms with E-state index in [1.165, 1.54) is 12.1 Å². The average molecular weight is 437 g/mol. The molecule has 5 rings (SSSR count). The normalized spacial score (nSPS) is 19.8. The number of aromatic hydroxyl groups is 1. The van der Waals surface area contributed by atoms with Gasteiger partial charge in [0.25, 0.3) is 5.91 Å². The van der Waals surface area contributed by atoms with Crippen LogP contribution in [0.1, 0.15) is 34.6 Å². The quantitative estimate of drug-likeness (QED) is 0.632. The molecule has 4 nitrogen and oxygen atoms in total. The van der Waals surface area contributed by atoms with Crippen molar-refractivity contribution < 1.29 is 22.9 Å². The first-order chi connectivity index (χ1) is 14.9. The van der Waals surface area contributed by atoms with Gasteiger partial charge >= 0.3 is 0 Å². The van der Waals surface area contributed by atoms with Gasteiger partial charge in [0.1, 0.15) is 5.75 Å². The SMILES string of the molecule is O=C1C=C(c2ccc([C@H]3CCc4c(-c5cccc(F)c5F)cccc43)cc2O)S(=O)N1. The molecule has 2 N–H and O–H groups in total. The lowest BCUT2D eigenvalue weighted by atomic mass is 9.90. The van der Waals surface area contributed by atoms with Crippen LogP contribution in [0.3, 0.4) is 0 Å². The van der Waals surface area contributed by atoms with Crippen molar-refractivity contribution >= 4 is 21.8 Å². The molecule has 0 radical (unpaired) electrons. The molecule has 3 aromatic rings. The number of hydrogen-bond acceptors (Lipinski definition) is 3. The Morgan fingerprint density at radius 2 is 1.77 bits per heavy atom. The van der Waals surface area contributed by atoms with Crippen molar-refractivity contribution in [2.45, 2.75) is 18.8 Å². The number of rotatable bonds is 3. The van der Waals surface area contributed by atoms with E-state index in [9.17, 15) is 22.9 Å². The van der Waals surface area contributed by atoms with E-state index in [-0.39, 0.29) is 22.1 Å². The summed E-state index contributed by atoms with van der Waals surface area (Å²) in [5.41, 5.74) is 4.09. The van der Waals surface area contributed by atoms with Gasteiger partial charge in [-0.25, -0.2) is 13.0 Å². The molecule has 31 heavy (non-hydrogen) atoms. The lowest BCUT2D eigenvalue weighted by Gasteiger charge is -2.16. The number of nitrogens with one attached hydrogen (secondary N) is 1. The lowest BCUT2D eigenvalue weighted by molar-refractivity contribution is -0.114. The Balaban J connectivity index is 1.54. The number of phenolic OH excluding ortho intramolecular Hbond substituents is 1. The van der Waals surface area contributed by atoms with Crippen LogP contribution in [-0.2, 0) is 22.2 Å². The van der Waals surface area contributed by atoms with Crippen LogP contribution in [-0.4, -0.2) is 15.2 Å². The van der Waals surface area contributed by atoms with Crippen molar-refractivity contribution in [2.75, 3.05) is 0 Å². The zero-order chi connectivity index (χ0) is 21.7. The number of carbonyl (C=O) groups excluding carboxylic acids is 1. The summed E-state index contributed by atoms with van der Waals surface area (Å²) in [6, 6.07) is 14.9. The van der Waals surface area contributed by atoms with Crippen LogP contribution in [0.25, 0.3) is 16.0 Å². The van der Waals surface area contributed by atoms with E-state index in [4.69, 9.17) is 0 Å². The van der Waals surface area contributed by atoms with Gasteiger partial charge in [-0.3, -0.25) is 9.52 Å². The molecule has 1 unspecified atom stereocenters. The van der Waals surface area contributed by atoms with Crippen LogP contribution in [0, 0.1) is 11.6 Å². The molecule has 2 atom stereocenters. The van der Waals surface area contributed by atoms with Crippen molar-refractivity contribution in [3.8, 4) is 16.9 Å². The first-order valence-electron chi connectivity index (χ1n) is 9.77. The summed E-state index contributed by atoms with van der Waals surface area (Å²) in [6.07, 6.45) is 2.68. The summed E-state index contributed by atoms with van der Waals surface area (Å²) in [4.78, 5) is 11.7. The Bertz CT molecular complexity index is 1300. The Morgan fingerprint density at radius 3 is 2.52 bits per heavy atom. The molecule has 0 spiro atoms. The predicted octanol–water partition coefficient (Wildman–Crippen LogP) is 4.55. The van der Waals surface area contributed by atoms with Crippen molar-refractivity contribution in [1.82, 2.24) is 4.72 Å². The molecule has 1 aliphatic carbocycles. The third-order valence-electron chi connectivity index (χ3n) is 5.86. The summed E-state index contributed by atoms with van der Waals surface area (Å²) >= 11 is 0. The number of amides is 1. The molecule has 0 bridgehead atoms. The Morgan fingerprint density at radius 1 is 1.00 bits per heavy atom. The van der Waals surface area contributed by atoms with E-state index in [1.807, 2.05) is 18.2 Å². The van der Waals surface area contributed by atoms with Crippen LogP contribution in [0.2, 0.25) is 0 Å². The van der Waals surface area contributed by atoms with Gasteiger partial charge in [-0.2, -0.15) is 0 Å². The summed E-state index contributed by atoms with van der Waals surface area (Å²) in [5.74, 6) is -2.28. The minimum Gasteiger partial charge on any atom is -0.507 e. The van der Waals surface area contributed by atoms with Crippen molar-refractivity contribution in [2.24, 2.45) is 0 Å². The van der Waals surface area contributed by atoms with Crippen LogP contribution in [0.4, 0.5) is 8.78 Å². The Kier molecular flexibility index (Phi) is 4.70. The third kappa shape index (κ3) is 3.25. The maximum Gasteiger partial charge on any atom is 0.257 e. The van der Waals surface area contributed by atoms with Crippen molar-refractivity contribution in [1.29, 1.82) is 0 Å². The van der Waals surface area contributed by atoms with E-state index >= 15 is 0 Å². The van der Waals surface area contributed by atoms with E-state index in [0.29, 0.717) is 17.5 Å². The molecule has 7 heteroatoms. The zero-order valence-electron chi connectivity index (χ0n) is 16.2. The molecule has 1 heterocycles. The summed E-state index contributed by atoms with van der Waals surface area (Å²) < 4.78 is 42.5. The minimum atomic E-state index is -1.69. The molecule has 3 aromatic carbocycles. The summed E-state index contributed by atoms with van der Waals surface area (Å²) in [5, 5.41) is 10.6. The molecule has 156 valence electrons. The van der Waals surface area contributed by atoms with Gasteiger partial charge in [0.05, 0.1) is 4.91 Å². The highest BCUT2D eigenvalue weighted by Gasteiger charge is 2.29. The van der Waals surface area contributed by atoms with Gasteiger partial charge in [-0.05, 0) is 53.3 Å².